The van der Waals surface area contributed by atoms with Crippen LogP contribution in [0, 0.1) is 0 Å². The molecule has 0 bridgehead atoms. The zero-order valence-corrected chi connectivity index (χ0v) is 9.24. The molecule has 5 nitrogen and oxygen atoms in total. The molecule has 2 N–H and O–H groups in total. The Bertz CT molecular complexity index is 388. The van der Waals surface area contributed by atoms with E-state index in [2.05, 4.69) is 5.10 Å². The summed E-state index contributed by atoms with van der Waals surface area (Å²) >= 11 is 0. The van der Waals surface area contributed by atoms with Gasteiger partial charge in [-0.3, -0.25) is 9.48 Å². The van der Waals surface area contributed by atoms with E-state index in [-0.39, 0.29) is 13.1 Å². The zero-order chi connectivity index (χ0) is 13.1. The van der Waals surface area contributed by atoms with Gasteiger partial charge in [0.2, 0.25) is 5.91 Å². The maximum absolute atomic E-state index is 12.2. The van der Waals surface area contributed by atoms with E-state index in [1.807, 2.05) is 0 Å². The maximum Gasteiger partial charge on any atom is 0.406 e. The number of hydrogen-bond acceptors (Lipinski definition) is 3. The SMILES string of the molecule is CCN(CC(F)(F)F)C(=O)Cn1cc(N)cn1. The number of halogens is 3. The first-order valence-corrected chi connectivity index (χ1v) is 4.94. The summed E-state index contributed by atoms with van der Waals surface area (Å²) in [6, 6.07) is 0. The number of nitrogens with two attached hydrogens (primary N) is 1. The first kappa shape index (κ1) is 13.3. The summed E-state index contributed by atoms with van der Waals surface area (Å²) in [7, 11) is 0. The molecule has 8 heteroatoms. The van der Waals surface area contributed by atoms with Crippen molar-refractivity contribution in [1.29, 1.82) is 0 Å². The molecule has 0 fully saturated rings. The second-order valence-electron chi connectivity index (χ2n) is 3.49. The lowest BCUT2D eigenvalue weighted by Crippen LogP contribution is -2.40. The fourth-order valence-electron chi connectivity index (χ4n) is 1.30. The Morgan fingerprint density at radius 3 is 2.65 bits per heavy atom. The van der Waals surface area contributed by atoms with Crippen molar-refractivity contribution in [3.05, 3.63) is 12.4 Å². The van der Waals surface area contributed by atoms with Crippen molar-refractivity contribution in [2.45, 2.75) is 19.6 Å². The molecule has 1 rings (SSSR count). The lowest BCUT2D eigenvalue weighted by molar-refractivity contribution is -0.161. The van der Waals surface area contributed by atoms with Crippen LogP contribution in [0.5, 0.6) is 0 Å². The minimum atomic E-state index is -4.39. The van der Waals surface area contributed by atoms with Crippen molar-refractivity contribution in [3.8, 4) is 0 Å². The van der Waals surface area contributed by atoms with Gasteiger partial charge in [0.15, 0.2) is 0 Å². The van der Waals surface area contributed by atoms with Gasteiger partial charge in [-0.05, 0) is 6.92 Å². The lowest BCUT2D eigenvalue weighted by atomic mass is 10.4. The van der Waals surface area contributed by atoms with Crippen LogP contribution >= 0.6 is 0 Å². The molecule has 96 valence electrons. The molecule has 17 heavy (non-hydrogen) atoms. The highest BCUT2D eigenvalue weighted by atomic mass is 19.4. The summed E-state index contributed by atoms with van der Waals surface area (Å²) in [6.45, 7) is -0.0175. The molecule has 0 atom stereocenters. The van der Waals surface area contributed by atoms with Gasteiger partial charge in [0.05, 0.1) is 11.9 Å². The van der Waals surface area contributed by atoms with Gasteiger partial charge in [0, 0.05) is 12.7 Å². The largest absolute Gasteiger partial charge is 0.406 e. The molecule has 0 saturated carbocycles. The quantitative estimate of drug-likeness (QED) is 0.862. The Balaban J connectivity index is 2.61. The topological polar surface area (TPSA) is 64.2 Å². The third-order valence-corrected chi connectivity index (χ3v) is 2.06. The second kappa shape index (κ2) is 5.07. The standard InChI is InChI=1S/C9H13F3N4O/c1-2-15(6-9(10,11)12)8(17)5-16-4-7(13)3-14-16/h3-4H,2,5-6,13H2,1H3. The summed E-state index contributed by atoms with van der Waals surface area (Å²) in [6.07, 6.45) is -1.68. The van der Waals surface area contributed by atoms with Gasteiger partial charge in [0.25, 0.3) is 0 Å². The van der Waals surface area contributed by atoms with Crippen LogP contribution < -0.4 is 5.73 Å². The Labute approximate surface area is 96.0 Å². The Morgan fingerprint density at radius 2 is 2.24 bits per heavy atom. The van der Waals surface area contributed by atoms with Gasteiger partial charge >= 0.3 is 6.18 Å². The fourth-order valence-corrected chi connectivity index (χ4v) is 1.30. The summed E-state index contributed by atoms with van der Waals surface area (Å²) in [5.41, 5.74) is 5.73. The minimum Gasteiger partial charge on any atom is -0.396 e. The molecule has 0 spiro atoms. The number of aromatic nitrogens is 2. The Morgan fingerprint density at radius 1 is 1.59 bits per heavy atom. The van der Waals surface area contributed by atoms with Gasteiger partial charge in [-0.2, -0.15) is 18.3 Å². The monoisotopic (exact) mass is 250 g/mol. The van der Waals surface area contributed by atoms with Crippen molar-refractivity contribution >= 4 is 11.6 Å². The predicted molar refractivity (Wildman–Crippen MR) is 54.9 cm³/mol. The van der Waals surface area contributed by atoms with Crippen LogP contribution in [0.15, 0.2) is 12.4 Å². The number of anilines is 1. The number of carbonyl (C=O) groups is 1. The highest BCUT2D eigenvalue weighted by Crippen LogP contribution is 2.16. The van der Waals surface area contributed by atoms with E-state index < -0.39 is 18.6 Å². The lowest BCUT2D eigenvalue weighted by Gasteiger charge is -2.22. The van der Waals surface area contributed by atoms with Gasteiger partial charge in [-0.25, -0.2) is 0 Å². The first-order valence-electron chi connectivity index (χ1n) is 4.94. The highest BCUT2D eigenvalue weighted by molar-refractivity contribution is 5.76. The summed E-state index contributed by atoms with van der Waals surface area (Å²) in [5.74, 6) is -0.645. The van der Waals surface area contributed by atoms with Crippen LogP contribution in [0.3, 0.4) is 0 Å². The third kappa shape index (κ3) is 4.33. The molecule has 0 unspecified atom stereocenters. The van der Waals surface area contributed by atoms with E-state index in [9.17, 15) is 18.0 Å². The van der Waals surface area contributed by atoms with Crippen LogP contribution in [-0.2, 0) is 11.3 Å². The van der Waals surface area contributed by atoms with Crippen LogP contribution in [-0.4, -0.2) is 39.9 Å². The molecule has 1 amide bonds. The van der Waals surface area contributed by atoms with Crippen molar-refractivity contribution in [1.82, 2.24) is 14.7 Å². The number of rotatable bonds is 4. The molecule has 1 heterocycles. The number of likely N-dealkylation sites (N-methyl/N-ethyl adjacent to an activating group) is 1. The Kier molecular flexibility index (Phi) is 3.97. The molecule has 0 radical (unpaired) electrons. The van der Waals surface area contributed by atoms with Crippen molar-refractivity contribution < 1.29 is 18.0 Å². The van der Waals surface area contributed by atoms with Crippen LogP contribution in [0.4, 0.5) is 18.9 Å². The predicted octanol–water partition coefficient (Wildman–Crippen LogP) is 0.876. The summed E-state index contributed by atoms with van der Waals surface area (Å²) in [5, 5.41) is 3.73. The van der Waals surface area contributed by atoms with Gasteiger partial charge < -0.3 is 10.6 Å². The van der Waals surface area contributed by atoms with Crippen LogP contribution in [0.1, 0.15) is 6.92 Å². The number of alkyl halides is 3. The first-order chi connectivity index (χ1) is 7.81. The summed E-state index contributed by atoms with van der Waals surface area (Å²) < 4.78 is 37.7. The van der Waals surface area contributed by atoms with Gasteiger partial charge in [-0.15, -0.1) is 0 Å². The smallest absolute Gasteiger partial charge is 0.396 e. The van der Waals surface area contributed by atoms with Crippen molar-refractivity contribution in [2.75, 3.05) is 18.8 Å². The highest BCUT2D eigenvalue weighted by Gasteiger charge is 2.32. The number of nitrogen functional groups attached to an aromatic ring is 1. The average molecular weight is 250 g/mol. The summed E-state index contributed by atoms with van der Waals surface area (Å²) in [4.78, 5) is 12.3. The van der Waals surface area contributed by atoms with Crippen molar-refractivity contribution in [3.63, 3.8) is 0 Å². The van der Waals surface area contributed by atoms with Crippen LogP contribution in [0.25, 0.3) is 0 Å². The van der Waals surface area contributed by atoms with E-state index >= 15 is 0 Å². The van der Waals surface area contributed by atoms with E-state index in [4.69, 9.17) is 5.73 Å². The van der Waals surface area contributed by atoms with Gasteiger partial charge in [-0.1, -0.05) is 0 Å². The molecular formula is C9H13F3N4O. The van der Waals surface area contributed by atoms with E-state index in [0.29, 0.717) is 5.69 Å². The van der Waals surface area contributed by atoms with Gasteiger partial charge in [0.1, 0.15) is 13.1 Å². The molecule has 1 aromatic rings. The normalized spacial score (nSPS) is 11.5. The molecule has 0 saturated heterocycles. The maximum atomic E-state index is 12.2. The number of nitrogens with zero attached hydrogens (tertiary/aromatic N) is 3. The molecular weight excluding hydrogens is 237 g/mol. The van der Waals surface area contributed by atoms with E-state index in [1.54, 1.807) is 0 Å². The molecule has 0 aliphatic carbocycles. The fraction of sp³-hybridized carbons (Fsp3) is 0.556. The van der Waals surface area contributed by atoms with E-state index in [1.165, 1.54) is 24.0 Å². The molecule has 0 aliphatic heterocycles. The average Bonchev–Trinajstić information content (AvgIpc) is 2.59. The number of amides is 1. The van der Waals surface area contributed by atoms with Crippen molar-refractivity contribution in [2.24, 2.45) is 0 Å². The number of carbonyl (C=O) groups excluding carboxylic acids is 1. The molecule has 0 aliphatic rings. The third-order valence-electron chi connectivity index (χ3n) is 2.06. The molecule has 0 aromatic carbocycles. The minimum absolute atomic E-state index is 0.00487. The van der Waals surface area contributed by atoms with E-state index in [0.717, 1.165) is 4.90 Å². The Hall–Kier alpha value is -1.73. The number of hydrogen-bond donors (Lipinski definition) is 1. The zero-order valence-electron chi connectivity index (χ0n) is 9.24. The molecule has 1 aromatic heterocycles. The van der Waals surface area contributed by atoms with Crippen LogP contribution in [0.2, 0.25) is 0 Å². The second-order valence-corrected chi connectivity index (χ2v) is 3.49.